The van der Waals surface area contributed by atoms with Gasteiger partial charge in [-0.2, -0.15) is 4.98 Å². The highest BCUT2D eigenvalue weighted by Crippen LogP contribution is 2.29. The average Bonchev–Trinajstić information content (AvgIpc) is 3.43. The van der Waals surface area contributed by atoms with Crippen molar-refractivity contribution in [2.45, 2.75) is 23.9 Å². The molecule has 1 aromatic heterocycles. The summed E-state index contributed by atoms with van der Waals surface area (Å²) in [7, 11) is 0. The van der Waals surface area contributed by atoms with Crippen LogP contribution in [0.5, 0.6) is 0 Å². The molecule has 0 bridgehead atoms. The Hall–Kier alpha value is -3.37. The number of carbonyl (C=O) groups excluding carboxylic acids is 2. The van der Waals surface area contributed by atoms with Crippen molar-refractivity contribution >= 4 is 28.9 Å². The maximum absolute atomic E-state index is 14.9. The van der Waals surface area contributed by atoms with Crippen molar-refractivity contribution in [3.63, 3.8) is 0 Å². The second-order valence-corrected chi connectivity index (χ2v) is 8.67. The molecule has 0 saturated carbocycles. The van der Waals surface area contributed by atoms with Crippen LogP contribution in [-0.2, 0) is 26.5 Å². The summed E-state index contributed by atoms with van der Waals surface area (Å²) in [6.45, 7) is 1.81. The predicted molar refractivity (Wildman–Crippen MR) is 117 cm³/mol. The molecule has 32 heavy (non-hydrogen) atoms. The zero-order valence-electron chi connectivity index (χ0n) is 17.2. The van der Waals surface area contributed by atoms with Crippen molar-refractivity contribution in [1.82, 2.24) is 15.3 Å². The summed E-state index contributed by atoms with van der Waals surface area (Å²) in [5.74, 6) is -0.396. The van der Waals surface area contributed by atoms with Crippen LogP contribution in [0.3, 0.4) is 0 Å². The van der Waals surface area contributed by atoms with Crippen molar-refractivity contribution in [3.05, 3.63) is 66.2 Å². The van der Waals surface area contributed by atoms with Crippen LogP contribution < -0.4 is 10.2 Å². The van der Waals surface area contributed by atoms with E-state index in [2.05, 4.69) is 15.3 Å². The average molecular weight is 456 g/mol. The number of imidazole rings is 1. The number of hydrogen-bond acceptors (Lipinski definition) is 5. The van der Waals surface area contributed by atoms with Crippen LogP contribution in [0.4, 0.5) is 14.9 Å². The summed E-state index contributed by atoms with van der Waals surface area (Å²) in [5.41, 5.74) is 2.27. The van der Waals surface area contributed by atoms with Gasteiger partial charge in [-0.05, 0) is 23.8 Å². The first-order valence-electron chi connectivity index (χ1n) is 9.90. The van der Waals surface area contributed by atoms with Gasteiger partial charge in [-0.15, -0.1) is 0 Å². The van der Waals surface area contributed by atoms with Gasteiger partial charge in [0.05, 0.1) is 18.8 Å². The molecule has 0 spiro atoms. The van der Waals surface area contributed by atoms with E-state index in [1.54, 1.807) is 48.8 Å². The van der Waals surface area contributed by atoms with Crippen molar-refractivity contribution in [3.8, 4) is 11.1 Å². The summed E-state index contributed by atoms with van der Waals surface area (Å²) in [6.07, 6.45) is 2.09. The second-order valence-electron chi connectivity index (χ2n) is 7.30. The molecule has 2 N–H and O–H groups in total. The normalized spacial score (nSPS) is 16.7. The van der Waals surface area contributed by atoms with Gasteiger partial charge < -0.3 is 19.6 Å². The highest BCUT2D eigenvalue weighted by molar-refractivity contribution is 7.90. The topological polar surface area (TPSA) is 110 Å². The quantitative estimate of drug-likeness (QED) is 0.531. The summed E-state index contributed by atoms with van der Waals surface area (Å²) < 4.78 is 32.4. The van der Waals surface area contributed by atoms with Gasteiger partial charge in [-0.25, -0.2) is 9.18 Å². The Morgan fingerprint density at radius 1 is 1.34 bits per heavy atom. The number of aromatic nitrogens is 2. The number of hydrogen-bond donors (Lipinski definition) is 2. The van der Waals surface area contributed by atoms with Crippen LogP contribution in [0.1, 0.15) is 12.5 Å². The minimum atomic E-state index is -1.29. The molecule has 1 aliphatic rings. The van der Waals surface area contributed by atoms with Gasteiger partial charge in [0.25, 0.3) is 0 Å². The second kappa shape index (κ2) is 9.41. The Balaban J connectivity index is 1.44. The number of halogens is 1. The van der Waals surface area contributed by atoms with E-state index < -0.39 is 29.2 Å². The van der Waals surface area contributed by atoms with E-state index in [9.17, 15) is 18.5 Å². The SMILES string of the molecule is CC(=O)NC[C@H]1CN(c2ccc(-c3ccc(C[S+]([O-])c4ncc[nH]4)cc3)c(F)c2)C(=O)O1. The van der Waals surface area contributed by atoms with Crippen molar-refractivity contribution < 1.29 is 23.3 Å². The van der Waals surface area contributed by atoms with Crippen molar-refractivity contribution in [2.75, 3.05) is 18.0 Å². The minimum absolute atomic E-state index is 0.204. The molecule has 0 radical (unpaired) electrons. The van der Waals surface area contributed by atoms with E-state index in [0.29, 0.717) is 27.7 Å². The van der Waals surface area contributed by atoms with Gasteiger partial charge in [-0.1, -0.05) is 24.3 Å². The maximum Gasteiger partial charge on any atom is 0.414 e. The fourth-order valence-corrected chi connectivity index (χ4v) is 4.39. The number of anilines is 1. The zero-order valence-corrected chi connectivity index (χ0v) is 18.0. The first-order valence-corrected chi connectivity index (χ1v) is 11.2. The minimum Gasteiger partial charge on any atom is -0.609 e. The number of ether oxygens (including phenoxy) is 1. The lowest BCUT2D eigenvalue weighted by molar-refractivity contribution is -0.119. The molecule has 0 aliphatic carbocycles. The number of amides is 2. The molecule has 1 unspecified atom stereocenters. The molecule has 8 nitrogen and oxygen atoms in total. The molecule has 2 heterocycles. The third-order valence-electron chi connectivity index (χ3n) is 4.97. The lowest BCUT2D eigenvalue weighted by Gasteiger charge is -2.15. The summed E-state index contributed by atoms with van der Waals surface area (Å²) in [6, 6.07) is 11.7. The monoisotopic (exact) mass is 456 g/mol. The number of H-pyrrole nitrogens is 1. The molecule has 3 aromatic rings. The zero-order chi connectivity index (χ0) is 22.7. The first-order chi connectivity index (χ1) is 15.4. The van der Waals surface area contributed by atoms with Gasteiger partial charge in [0.1, 0.15) is 17.7 Å². The Kier molecular flexibility index (Phi) is 6.42. The molecule has 2 atom stereocenters. The highest BCUT2D eigenvalue weighted by atomic mass is 32.2. The van der Waals surface area contributed by atoms with Crippen LogP contribution >= 0.6 is 0 Å². The molecular weight excluding hydrogens is 435 g/mol. The number of cyclic esters (lactones) is 1. The lowest BCUT2D eigenvalue weighted by atomic mass is 10.0. The largest absolute Gasteiger partial charge is 0.609 e. The molecule has 1 aliphatic heterocycles. The third kappa shape index (κ3) is 4.92. The van der Waals surface area contributed by atoms with Crippen LogP contribution in [0, 0.1) is 5.82 Å². The van der Waals surface area contributed by atoms with E-state index in [4.69, 9.17) is 4.74 Å². The van der Waals surface area contributed by atoms with Gasteiger partial charge in [-0.3, -0.25) is 9.69 Å². The Bertz CT molecular complexity index is 1110. The van der Waals surface area contributed by atoms with E-state index >= 15 is 0 Å². The Morgan fingerprint density at radius 2 is 2.12 bits per heavy atom. The van der Waals surface area contributed by atoms with E-state index in [-0.39, 0.29) is 19.0 Å². The van der Waals surface area contributed by atoms with Crippen molar-refractivity contribution in [1.29, 1.82) is 0 Å². The van der Waals surface area contributed by atoms with E-state index in [1.165, 1.54) is 17.9 Å². The fraction of sp³-hybridized carbons (Fsp3) is 0.227. The van der Waals surface area contributed by atoms with Gasteiger partial charge in [0.15, 0.2) is 0 Å². The summed E-state index contributed by atoms with van der Waals surface area (Å²) in [4.78, 5) is 31.4. The number of aromatic amines is 1. The highest BCUT2D eigenvalue weighted by Gasteiger charge is 2.32. The molecular formula is C22H21FN4O4S. The first kappa shape index (κ1) is 21.8. The number of nitrogens with one attached hydrogen (secondary N) is 2. The van der Waals surface area contributed by atoms with Crippen molar-refractivity contribution in [2.24, 2.45) is 0 Å². The molecule has 2 aromatic carbocycles. The predicted octanol–water partition coefficient (Wildman–Crippen LogP) is 2.98. The van der Waals surface area contributed by atoms with E-state index in [0.717, 1.165) is 5.56 Å². The van der Waals surface area contributed by atoms with E-state index in [1.807, 2.05) is 0 Å². The Labute approximate surface area is 187 Å². The molecule has 2 amide bonds. The van der Waals surface area contributed by atoms with Crippen LogP contribution in [0.25, 0.3) is 11.1 Å². The molecule has 10 heteroatoms. The van der Waals surface area contributed by atoms with Crippen LogP contribution in [0.2, 0.25) is 0 Å². The number of rotatable bonds is 7. The fourth-order valence-electron chi connectivity index (χ4n) is 3.38. The molecule has 1 saturated heterocycles. The van der Waals surface area contributed by atoms with Crippen LogP contribution in [-0.4, -0.2) is 45.7 Å². The standard InChI is InChI=1S/C22H21FN4O4S/c1-14(28)26-11-18-12-27(22(29)31-18)17-6-7-19(20(23)10-17)16-4-2-15(3-5-16)13-32(30)21-24-8-9-25-21/h2-10,18H,11-13H2,1H3,(H,24,25)(H,26,28)/t18-,32?/m0/s1. The van der Waals surface area contributed by atoms with Gasteiger partial charge >= 0.3 is 11.2 Å². The number of nitrogens with zero attached hydrogens (tertiary/aromatic N) is 2. The summed E-state index contributed by atoms with van der Waals surface area (Å²) in [5, 5.41) is 3.02. The number of benzene rings is 2. The smallest absolute Gasteiger partial charge is 0.414 e. The lowest BCUT2D eigenvalue weighted by Crippen LogP contribution is -2.33. The molecule has 4 rings (SSSR count). The maximum atomic E-state index is 14.9. The molecule has 166 valence electrons. The number of carbonyl (C=O) groups is 2. The van der Waals surface area contributed by atoms with Crippen LogP contribution in [0.15, 0.2) is 60.0 Å². The van der Waals surface area contributed by atoms with Gasteiger partial charge in [0, 0.05) is 41.6 Å². The van der Waals surface area contributed by atoms with Gasteiger partial charge in [0.2, 0.25) is 5.91 Å². The third-order valence-corrected chi connectivity index (χ3v) is 6.22. The summed E-state index contributed by atoms with van der Waals surface area (Å²) >= 11 is -1.29. The molecule has 1 fully saturated rings. The Morgan fingerprint density at radius 3 is 2.78 bits per heavy atom.